The zero-order chi connectivity index (χ0) is 16.2. The van der Waals surface area contributed by atoms with Gasteiger partial charge in [-0.1, -0.05) is 16.8 Å². The minimum atomic E-state index is -0.396. The lowest BCUT2D eigenvalue weighted by Crippen LogP contribution is -2.44. The molecule has 3 rings (SSSR count). The Labute approximate surface area is 136 Å². The smallest absolute Gasteiger partial charge is 0.322 e. The van der Waals surface area contributed by atoms with E-state index in [9.17, 15) is 4.79 Å². The van der Waals surface area contributed by atoms with Crippen LogP contribution in [0.3, 0.4) is 0 Å². The third kappa shape index (κ3) is 3.51. The normalized spacial score (nSPS) is 17.8. The number of nitrogens with one attached hydrogen (secondary N) is 2. The molecule has 1 unspecified atom stereocenters. The first-order valence-electron chi connectivity index (χ1n) is 6.92. The number of morpholine rings is 1. The Morgan fingerprint density at radius 1 is 1.57 bits per heavy atom. The Kier molecular flexibility index (Phi) is 4.58. The molecule has 2 heterocycles. The van der Waals surface area contributed by atoms with Crippen LogP contribution in [0.4, 0.5) is 10.5 Å². The number of anilines is 1. The number of H-pyrrole nitrogens is 1. The summed E-state index contributed by atoms with van der Waals surface area (Å²) in [5.74, 6) is 0.975. The summed E-state index contributed by atoms with van der Waals surface area (Å²) in [4.78, 5) is 14.0. The number of carbonyl (C=O) groups is 1. The molecule has 1 aromatic carbocycles. The number of rotatable bonds is 3. The van der Waals surface area contributed by atoms with E-state index in [1.54, 1.807) is 23.1 Å². The summed E-state index contributed by atoms with van der Waals surface area (Å²) in [6.07, 6.45) is -0.396. The monoisotopic (exact) mass is 338 g/mol. The van der Waals surface area contributed by atoms with Crippen LogP contribution >= 0.6 is 11.6 Å². The van der Waals surface area contributed by atoms with E-state index in [1.807, 2.05) is 0 Å². The van der Waals surface area contributed by atoms with Crippen molar-refractivity contribution in [1.29, 1.82) is 0 Å². The van der Waals surface area contributed by atoms with Crippen LogP contribution < -0.4 is 10.1 Å². The van der Waals surface area contributed by atoms with Gasteiger partial charge in [-0.05, 0) is 18.2 Å². The number of hydrogen-bond donors (Lipinski definition) is 2. The maximum absolute atomic E-state index is 12.4. The molecule has 10 heteroatoms. The molecule has 0 saturated carbocycles. The van der Waals surface area contributed by atoms with Gasteiger partial charge in [0.1, 0.15) is 11.9 Å². The molecule has 1 aromatic heterocycles. The fourth-order valence-electron chi connectivity index (χ4n) is 2.24. The number of ether oxygens (including phenoxy) is 2. The molecule has 122 valence electrons. The molecule has 2 aromatic rings. The van der Waals surface area contributed by atoms with Gasteiger partial charge in [0.25, 0.3) is 0 Å². The Morgan fingerprint density at radius 2 is 2.43 bits per heavy atom. The average molecular weight is 339 g/mol. The lowest BCUT2D eigenvalue weighted by molar-refractivity contribution is -0.0181. The Morgan fingerprint density at radius 3 is 3.13 bits per heavy atom. The average Bonchev–Trinajstić information content (AvgIpc) is 3.10. The number of tetrazole rings is 1. The zero-order valence-corrected chi connectivity index (χ0v) is 13.1. The fourth-order valence-corrected chi connectivity index (χ4v) is 2.50. The van der Waals surface area contributed by atoms with Crippen LogP contribution in [0.25, 0.3) is 0 Å². The highest BCUT2D eigenvalue weighted by molar-refractivity contribution is 6.32. The molecule has 1 saturated heterocycles. The number of carbonyl (C=O) groups excluding carboxylic acids is 1. The van der Waals surface area contributed by atoms with Crippen molar-refractivity contribution in [2.45, 2.75) is 6.10 Å². The summed E-state index contributed by atoms with van der Waals surface area (Å²) in [6.45, 7) is 1.22. The van der Waals surface area contributed by atoms with E-state index in [0.29, 0.717) is 42.0 Å². The maximum atomic E-state index is 12.4. The standard InChI is InChI=1S/C13H15ClN6O3/c1-22-10-3-2-8(6-9(10)14)15-13(21)20-4-5-23-11(7-20)12-16-18-19-17-12/h2-3,6,11H,4-5,7H2,1H3,(H,15,21)(H,16,17,18,19). The molecule has 1 fully saturated rings. The summed E-state index contributed by atoms with van der Waals surface area (Å²) in [5, 5.41) is 16.9. The highest BCUT2D eigenvalue weighted by atomic mass is 35.5. The van der Waals surface area contributed by atoms with E-state index < -0.39 is 6.10 Å². The summed E-state index contributed by atoms with van der Waals surface area (Å²) in [5.41, 5.74) is 0.586. The molecule has 0 aliphatic carbocycles. The first-order valence-corrected chi connectivity index (χ1v) is 7.29. The van der Waals surface area contributed by atoms with Crippen molar-refractivity contribution in [3.05, 3.63) is 29.0 Å². The number of halogens is 1. The van der Waals surface area contributed by atoms with Crippen molar-refractivity contribution in [3.8, 4) is 5.75 Å². The first kappa shape index (κ1) is 15.5. The number of hydrogen-bond acceptors (Lipinski definition) is 6. The molecule has 1 aliphatic heterocycles. The Bertz CT molecular complexity index is 680. The largest absolute Gasteiger partial charge is 0.495 e. The second kappa shape index (κ2) is 6.80. The van der Waals surface area contributed by atoms with E-state index in [0.717, 1.165) is 0 Å². The molecular formula is C13H15ClN6O3. The van der Waals surface area contributed by atoms with Crippen LogP contribution in [-0.4, -0.2) is 58.4 Å². The maximum Gasteiger partial charge on any atom is 0.322 e. The molecule has 23 heavy (non-hydrogen) atoms. The van der Waals surface area contributed by atoms with E-state index in [-0.39, 0.29) is 6.03 Å². The van der Waals surface area contributed by atoms with Crippen LogP contribution in [0, 0.1) is 0 Å². The molecule has 1 atom stereocenters. The summed E-state index contributed by atoms with van der Waals surface area (Å²) >= 11 is 6.05. The second-order valence-electron chi connectivity index (χ2n) is 4.85. The SMILES string of the molecule is COc1ccc(NC(=O)N2CCOC(c3nn[nH]n3)C2)cc1Cl. The Hall–Kier alpha value is -2.39. The van der Waals surface area contributed by atoms with Gasteiger partial charge in [-0.3, -0.25) is 0 Å². The van der Waals surface area contributed by atoms with Crippen LogP contribution in [-0.2, 0) is 4.74 Å². The number of aromatic amines is 1. The van der Waals surface area contributed by atoms with Crippen LogP contribution in [0.2, 0.25) is 5.02 Å². The van der Waals surface area contributed by atoms with Gasteiger partial charge in [-0.15, -0.1) is 10.2 Å². The van der Waals surface area contributed by atoms with E-state index in [4.69, 9.17) is 21.1 Å². The van der Waals surface area contributed by atoms with Crippen molar-refractivity contribution < 1.29 is 14.3 Å². The molecule has 1 aliphatic rings. The number of aromatic nitrogens is 4. The second-order valence-corrected chi connectivity index (χ2v) is 5.26. The summed E-state index contributed by atoms with van der Waals surface area (Å²) in [7, 11) is 1.53. The van der Waals surface area contributed by atoms with Crippen molar-refractivity contribution in [2.24, 2.45) is 0 Å². The van der Waals surface area contributed by atoms with Crippen LogP contribution in [0.15, 0.2) is 18.2 Å². The molecule has 2 N–H and O–H groups in total. The van der Waals surface area contributed by atoms with E-state index in [1.165, 1.54) is 7.11 Å². The van der Waals surface area contributed by atoms with Gasteiger partial charge in [0.05, 0.1) is 25.3 Å². The lowest BCUT2D eigenvalue weighted by Gasteiger charge is -2.31. The molecule has 0 bridgehead atoms. The number of methoxy groups -OCH3 is 1. The number of benzene rings is 1. The van der Waals surface area contributed by atoms with Crippen molar-refractivity contribution in [2.75, 3.05) is 32.1 Å². The van der Waals surface area contributed by atoms with Gasteiger partial charge >= 0.3 is 6.03 Å². The fraction of sp³-hybridized carbons (Fsp3) is 0.385. The highest BCUT2D eigenvalue weighted by Gasteiger charge is 2.28. The third-order valence-electron chi connectivity index (χ3n) is 3.41. The van der Waals surface area contributed by atoms with Crippen molar-refractivity contribution >= 4 is 23.3 Å². The molecule has 2 amide bonds. The lowest BCUT2D eigenvalue weighted by atomic mass is 10.2. The van der Waals surface area contributed by atoms with Gasteiger partial charge in [-0.25, -0.2) is 4.79 Å². The van der Waals surface area contributed by atoms with E-state index in [2.05, 4.69) is 25.9 Å². The minimum absolute atomic E-state index is 0.247. The van der Waals surface area contributed by atoms with Crippen LogP contribution in [0.1, 0.15) is 11.9 Å². The molecule has 9 nitrogen and oxygen atoms in total. The van der Waals surface area contributed by atoms with Crippen molar-refractivity contribution in [1.82, 2.24) is 25.5 Å². The van der Waals surface area contributed by atoms with Gasteiger partial charge in [-0.2, -0.15) is 5.21 Å². The van der Waals surface area contributed by atoms with Gasteiger partial charge in [0.15, 0.2) is 0 Å². The van der Waals surface area contributed by atoms with Crippen molar-refractivity contribution in [3.63, 3.8) is 0 Å². The predicted octanol–water partition coefficient (Wildman–Crippen LogP) is 1.47. The topological polar surface area (TPSA) is 105 Å². The highest BCUT2D eigenvalue weighted by Crippen LogP contribution is 2.27. The molecular weight excluding hydrogens is 324 g/mol. The van der Waals surface area contributed by atoms with E-state index >= 15 is 0 Å². The van der Waals surface area contributed by atoms with Gasteiger partial charge < -0.3 is 19.7 Å². The van der Waals surface area contributed by atoms with Crippen LogP contribution in [0.5, 0.6) is 5.75 Å². The number of urea groups is 1. The Balaban J connectivity index is 1.64. The third-order valence-corrected chi connectivity index (χ3v) is 3.70. The molecule has 0 spiro atoms. The molecule has 0 radical (unpaired) electrons. The van der Waals surface area contributed by atoms with Gasteiger partial charge in [0, 0.05) is 12.2 Å². The summed E-state index contributed by atoms with van der Waals surface area (Å²) < 4.78 is 10.6. The minimum Gasteiger partial charge on any atom is -0.495 e. The number of amides is 2. The predicted molar refractivity (Wildman–Crippen MR) is 81.5 cm³/mol. The van der Waals surface area contributed by atoms with Gasteiger partial charge in [0.2, 0.25) is 5.82 Å². The number of nitrogens with zero attached hydrogens (tertiary/aromatic N) is 4. The quantitative estimate of drug-likeness (QED) is 0.878. The first-order chi connectivity index (χ1) is 11.2. The summed E-state index contributed by atoms with van der Waals surface area (Å²) in [6, 6.07) is 4.80. The zero-order valence-electron chi connectivity index (χ0n) is 12.3.